The molecule has 1 aromatic heterocycles. The number of fused-ring (bicyclic) bond motifs is 3. The van der Waals surface area contributed by atoms with Gasteiger partial charge in [-0.1, -0.05) is 18.2 Å². The first kappa shape index (κ1) is 10.5. The molecule has 5 nitrogen and oxygen atoms in total. The number of rotatable bonds is 1. The van der Waals surface area contributed by atoms with Crippen molar-refractivity contribution in [2.75, 3.05) is 0 Å². The first-order chi connectivity index (χ1) is 8.66. The summed E-state index contributed by atoms with van der Waals surface area (Å²) in [5.74, 6) is 0. The van der Waals surface area contributed by atoms with Gasteiger partial charge >= 0.3 is 5.63 Å². The molecule has 2 aromatic carbocycles. The van der Waals surface area contributed by atoms with Crippen LogP contribution >= 0.6 is 0 Å². The van der Waals surface area contributed by atoms with Gasteiger partial charge in [-0.05, 0) is 17.5 Å². The van der Waals surface area contributed by atoms with Crippen molar-refractivity contribution in [3.63, 3.8) is 0 Å². The topological polar surface area (TPSA) is 73.3 Å². The van der Waals surface area contributed by atoms with Crippen LogP contribution in [-0.4, -0.2) is 4.92 Å². The minimum atomic E-state index is -0.519. The molecule has 0 spiro atoms. The number of nitro groups is 1. The van der Waals surface area contributed by atoms with Crippen molar-refractivity contribution in [3.05, 3.63) is 63.0 Å². The predicted molar refractivity (Wildman–Crippen MR) is 66.6 cm³/mol. The molecule has 0 aliphatic carbocycles. The van der Waals surface area contributed by atoms with Crippen LogP contribution in [0.5, 0.6) is 0 Å². The van der Waals surface area contributed by atoms with Gasteiger partial charge in [0.05, 0.1) is 16.4 Å². The van der Waals surface area contributed by atoms with Crippen molar-refractivity contribution < 1.29 is 9.34 Å². The zero-order valence-electron chi connectivity index (χ0n) is 9.12. The normalized spacial score (nSPS) is 10.9. The maximum Gasteiger partial charge on any atom is 0.344 e. The molecule has 0 aliphatic heterocycles. The van der Waals surface area contributed by atoms with E-state index < -0.39 is 10.5 Å². The Kier molecular flexibility index (Phi) is 2.13. The fourth-order valence-corrected chi connectivity index (χ4v) is 1.98. The Morgan fingerprint density at radius 3 is 2.44 bits per heavy atom. The molecule has 0 atom stereocenters. The van der Waals surface area contributed by atoms with Crippen molar-refractivity contribution in [2.24, 2.45) is 0 Å². The molecule has 3 aromatic rings. The van der Waals surface area contributed by atoms with Crippen molar-refractivity contribution in [1.29, 1.82) is 0 Å². The summed E-state index contributed by atoms with van der Waals surface area (Å²) < 4.78 is 5.11. The molecule has 5 heteroatoms. The maximum atomic E-state index is 11.7. The van der Waals surface area contributed by atoms with E-state index in [1.165, 1.54) is 12.1 Å². The third kappa shape index (κ3) is 1.45. The summed E-state index contributed by atoms with van der Waals surface area (Å²) in [6.45, 7) is 0. The molecule has 0 radical (unpaired) electrons. The van der Waals surface area contributed by atoms with Crippen LogP contribution in [0, 0.1) is 10.1 Å². The highest BCUT2D eigenvalue weighted by atomic mass is 16.6. The van der Waals surface area contributed by atoms with Crippen molar-refractivity contribution in [3.8, 4) is 0 Å². The van der Waals surface area contributed by atoms with E-state index in [0.717, 1.165) is 5.39 Å². The van der Waals surface area contributed by atoms with Crippen LogP contribution in [0.2, 0.25) is 0 Å². The molecule has 0 unspecified atom stereocenters. The van der Waals surface area contributed by atoms with Gasteiger partial charge in [0.2, 0.25) is 0 Å². The second kappa shape index (κ2) is 3.66. The fourth-order valence-electron chi connectivity index (χ4n) is 1.98. The average molecular weight is 241 g/mol. The lowest BCUT2D eigenvalue weighted by Gasteiger charge is -2.01. The van der Waals surface area contributed by atoms with Gasteiger partial charge in [-0.15, -0.1) is 0 Å². The van der Waals surface area contributed by atoms with E-state index in [9.17, 15) is 14.9 Å². The third-order valence-corrected chi connectivity index (χ3v) is 2.82. The monoisotopic (exact) mass is 241 g/mol. The van der Waals surface area contributed by atoms with Crippen LogP contribution in [0.3, 0.4) is 0 Å². The van der Waals surface area contributed by atoms with E-state index >= 15 is 0 Å². The van der Waals surface area contributed by atoms with Gasteiger partial charge in [-0.2, -0.15) is 0 Å². The van der Waals surface area contributed by atoms with E-state index in [2.05, 4.69) is 0 Å². The molecule has 0 saturated heterocycles. The van der Waals surface area contributed by atoms with Gasteiger partial charge in [0, 0.05) is 11.5 Å². The van der Waals surface area contributed by atoms with Gasteiger partial charge in [0.1, 0.15) is 5.58 Å². The number of benzene rings is 2. The summed E-state index contributed by atoms with van der Waals surface area (Å²) in [7, 11) is 0. The van der Waals surface area contributed by atoms with Gasteiger partial charge in [0.15, 0.2) is 0 Å². The highest BCUT2D eigenvalue weighted by molar-refractivity contribution is 6.04. The van der Waals surface area contributed by atoms with Crippen molar-refractivity contribution in [2.45, 2.75) is 0 Å². The standard InChI is InChI=1S/C13H7NO4/c15-13-11-4-2-1-3-9(11)10-6-5-8(14(16)17)7-12(10)18-13/h1-7H. The van der Waals surface area contributed by atoms with Crippen LogP contribution < -0.4 is 5.63 Å². The van der Waals surface area contributed by atoms with Gasteiger partial charge in [-0.25, -0.2) is 4.79 Å². The Morgan fingerprint density at radius 1 is 1.00 bits per heavy atom. The lowest BCUT2D eigenvalue weighted by molar-refractivity contribution is -0.384. The Bertz CT molecular complexity index is 835. The van der Waals surface area contributed by atoms with E-state index in [4.69, 9.17) is 4.42 Å². The average Bonchev–Trinajstić information content (AvgIpc) is 2.38. The lowest BCUT2D eigenvalue weighted by atomic mass is 10.1. The zero-order valence-corrected chi connectivity index (χ0v) is 9.12. The molecule has 0 bridgehead atoms. The molecule has 1 heterocycles. The smallest absolute Gasteiger partial charge is 0.344 e. The number of nitrogens with zero attached hydrogens (tertiary/aromatic N) is 1. The molecular weight excluding hydrogens is 234 g/mol. The number of hydrogen-bond acceptors (Lipinski definition) is 4. The van der Waals surface area contributed by atoms with Crippen LogP contribution in [-0.2, 0) is 0 Å². The number of non-ortho nitro benzene ring substituents is 1. The second-order valence-corrected chi connectivity index (χ2v) is 3.87. The Hall–Kier alpha value is -2.69. The summed E-state index contributed by atoms with van der Waals surface area (Å²) in [4.78, 5) is 21.9. The first-order valence-corrected chi connectivity index (χ1v) is 5.27. The molecule has 0 saturated carbocycles. The minimum Gasteiger partial charge on any atom is -0.422 e. The van der Waals surface area contributed by atoms with E-state index in [0.29, 0.717) is 10.8 Å². The Labute approximate surface area is 100 Å². The fraction of sp³-hybridized carbons (Fsp3) is 0. The van der Waals surface area contributed by atoms with Gasteiger partial charge in [-0.3, -0.25) is 10.1 Å². The van der Waals surface area contributed by atoms with Crippen molar-refractivity contribution >= 4 is 27.4 Å². The number of hydrogen-bond donors (Lipinski definition) is 0. The third-order valence-electron chi connectivity index (χ3n) is 2.82. The molecule has 0 aliphatic rings. The van der Waals surface area contributed by atoms with Crippen LogP contribution in [0.25, 0.3) is 21.7 Å². The molecular formula is C13H7NO4. The first-order valence-electron chi connectivity index (χ1n) is 5.27. The molecule has 0 N–H and O–H groups in total. The summed E-state index contributed by atoms with van der Waals surface area (Å²) in [5, 5.41) is 12.6. The lowest BCUT2D eigenvalue weighted by Crippen LogP contribution is -1.99. The molecule has 18 heavy (non-hydrogen) atoms. The maximum absolute atomic E-state index is 11.7. The number of nitro benzene ring substituents is 1. The quantitative estimate of drug-likeness (QED) is 0.284. The highest BCUT2D eigenvalue weighted by Crippen LogP contribution is 2.25. The molecule has 3 rings (SSSR count). The van der Waals surface area contributed by atoms with Crippen LogP contribution in [0.15, 0.2) is 51.7 Å². The van der Waals surface area contributed by atoms with Crippen molar-refractivity contribution in [1.82, 2.24) is 0 Å². The summed E-state index contributed by atoms with van der Waals surface area (Å²) in [5.41, 5.74) is -0.354. The van der Waals surface area contributed by atoms with E-state index in [1.807, 2.05) is 6.07 Å². The molecule has 88 valence electrons. The van der Waals surface area contributed by atoms with Crippen LogP contribution in [0.4, 0.5) is 5.69 Å². The molecule has 0 fully saturated rings. The largest absolute Gasteiger partial charge is 0.422 e. The second-order valence-electron chi connectivity index (χ2n) is 3.87. The van der Waals surface area contributed by atoms with E-state index in [1.54, 1.807) is 24.3 Å². The van der Waals surface area contributed by atoms with Gasteiger partial charge < -0.3 is 4.42 Å². The summed E-state index contributed by atoms with van der Waals surface area (Å²) in [6.07, 6.45) is 0. The summed E-state index contributed by atoms with van der Waals surface area (Å²) >= 11 is 0. The Morgan fingerprint density at radius 2 is 1.72 bits per heavy atom. The zero-order chi connectivity index (χ0) is 12.7. The highest BCUT2D eigenvalue weighted by Gasteiger charge is 2.11. The Balaban J connectivity index is 2.50. The van der Waals surface area contributed by atoms with Gasteiger partial charge in [0.25, 0.3) is 5.69 Å². The van der Waals surface area contributed by atoms with Crippen LogP contribution in [0.1, 0.15) is 0 Å². The van der Waals surface area contributed by atoms with E-state index in [-0.39, 0.29) is 11.3 Å². The summed E-state index contributed by atoms with van der Waals surface area (Å²) in [6, 6.07) is 11.3. The SMILES string of the molecule is O=c1oc2cc([N+](=O)[O-])ccc2c2ccccc12. The molecule has 0 amide bonds. The predicted octanol–water partition coefficient (Wildman–Crippen LogP) is 2.85. The minimum absolute atomic E-state index is 0.0964.